The van der Waals surface area contributed by atoms with Gasteiger partial charge < -0.3 is 15.8 Å². The lowest BCUT2D eigenvalue weighted by Gasteiger charge is -2.14. The summed E-state index contributed by atoms with van der Waals surface area (Å²) in [6, 6.07) is 0.596. The summed E-state index contributed by atoms with van der Waals surface area (Å²) in [4.78, 5) is 11.7. The van der Waals surface area contributed by atoms with E-state index in [1.807, 2.05) is 0 Å². The molecule has 98 valence electrons. The molecule has 1 amide bonds. The van der Waals surface area contributed by atoms with Crippen LogP contribution in [0.2, 0.25) is 0 Å². The number of carbonyl (C=O) groups excluding carboxylic acids is 1. The molecular formula is C11H11F3N2O2. The summed E-state index contributed by atoms with van der Waals surface area (Å²) in [5.74, 6) is -4.93. The molecule has 1 heterocycles. The molecule has 7 heteroatoms. The van der Waals surface area contributed by atoms with Gasteiger partial charge in [-0.2, -0.15) is 0 Å². The zero-order valence-corrected chi connectivity index (χ0v) is 9.25. The number of benzene rings is 1. The Morgan fingerprint density at radius 3 is 2.67 bits per heavy atom. The van der Waals surface area contributed by atoms with Crippen LogP contribution in [0.1, 0.15) is 0 Å². The Hall–Kier alpha value is -1.60. The molecule has 0 spiro atoms. The number of carbonyl (C=O) groups is 1. The maximum Gasteiger partial charge on any atom is 0.231 e. The van der Waals surface area contributed by atoms with Crippen LogP contribution in [-0.2, 0) is 9.53 Å². The fraction of sp³-hybridized carbons (Fsp3) is 0.364. The van der Waals surface area contributed by atoms with E-state index in [-0.39, 0.29) is 13.2 Å². The Balaban J connectivity index is 2.16. The molecule has 0 aliphatic carbocycles. The second kappa shape index (κ2) is 4.95. The molecule has 1 aromatic rings. The number of nitrogens with two attached hydrogens (primary N) is 1. The van der Waals surface area contributed by atoms with E-state index in [2.05, 4.69) is 5.32 Å². The number of hydrogen-bond donors (Lipinski definition) is 2. The summed E-state index contributed by atoms with van der Waals surface area (Å²) in [7, 11) is 0. The van der Waals surface area contributed by atoms with Crippen molar-refractivity contribution in [2.45, 2.75) is 6.04 Å². The van der Waals surface area contributed by atoms with Crippen molar-refractivity contribution >= 4 is 11.6 Å². The molecule has 0 aromatic heterocycles. The van der Waals surface area contributed by atoms with Crippen LogP contribution >= 0.6 is 0 Å². The van der Waals surface area contributed by atoms with Gasteiger partial charge in [-0.25, -0.2) is 13.2 Å². The largest absolute Gasteiger partial charge is 0.379 e. The van der Waals surface area contributed by atoms with Gasteiger partial charge in [0.25, 0.3) is 0 Å². The predicted octanol–water partition coefficient (Wildman–Crippen LogP) is 1.02. The first-order valence-corrected chi connectivity index (χ1v) is 5.27. The van der Waals surface area contributed by atoms with Crippen LogP contribution in [0, 0.1) is 23.4 Å². The number of anilines is 1. The SMILES string of the molecule is NC1COCC1C(=O)Nc1cc(F)cc(F)c1F. The Labute approximate surface area is 101 Å². The number of hydrogen-bond acceptors (Lipinski definition) is 3. The quantitative estimate of drug-likeness (QED) is 0.780. The number of rotatable bonds is 2. The second-order valence-electron chi connectivity index (χ2n) is 4.05. The van der Waals surface area contributed by atoms with E-state index in [0.717, 1.165) is 0 Å². The minimum Gasteiger partial charge on any atom is -0.379 e. The summed E-state index contributed by atoms with van der Waals surface area (Å²) in [6.45, 7) is 0.324. The lowest BCUT2D eigenvalue weighted by molar-refractivity contribution is -0.120. The van der Waals surface area contributed by atoms with E-state index in [1.165, 1.54) is 0 Å². The average molecular weight is 260 g/mol. The number of amides is 1. The molecule has 18 heavy (non-hydrogen) atoms. The topological polar surface area (TPSA) is 64.3 Å². The van der Waals surface area contributed by atoms with Gasteiger partial charge in [0, 0.05) is 18.2 Å². The van der Waals surface area contributed by atoms with E-state index >= 15 is 0 Å². The summed E-state index contributed by atoms with van der Waals surface area (Å²) >= 11 is 0. The molecule has 2 unspecified atom stereocenters. The van der Waals surface area contributed by atoms with E-state index < -0.39 is 41.0 Å². The monoisotopic (exact) mass is 260 g/mol. The van der Waals surface area contributed by atoms with Gasteiger partial charge >= 0.3 is 0 Å². The van der Waals surface area contributed by atoms with Crippen molar-refractivity contribution in [3.63, 3.8) is 0 Å². The molecule has 0 radical (unpaired) electrons. The van der Waals surface area contributed by atoms with Crippen molar-refractivity contribution in [2.75, 3.05) is 18.5 Å². The molecule has 0 bridgehead atoms. The van der Waals surface area contributed by atoms with Gasteiger partial charge in [0.2, 0.25) is 5.91 Å². The summed E-state index contributed by atoms with van der Waals surface area (Å²) in [5.41, 5.74) is 5.06. The van der Waals surface area contributed by atoms with Crippen LogP contribution < -0.4 is 11.1 Å². The highest BCUT2D eigenvalue weighted by Gasteiger charge is 2.32. The lowest BCUT2D eigenvalue weighted by atomic mass is 10.0. The van der Waals surface area contributed by atoms with E-state index in [0.29, 0.717) is 12.1 Å². The zero-order valence-electron chi connectivity index (χ0n) is 9.25. The molecule has 1 fully saturated rings. The van der Waals surface area contributed by atoms with Crippen molar-refractivity contribution in [1.29, 1.82) is 0 Å². The molecule has 2 rings (SSSR count). The van der Waals surface area contributed by atoms with Gasteiger partial charge in [0.05, 0.1) is 24.8 Å². The highest BCUT2D eigenvalue weighted by molar-refractivity contribution is 5.93. The third-order valence-corrected chi connectivity index (χ3v) is 2.71. The van der Waals surface area contributed by atoms with Crippen LogP contribution in [0.4, 0.5) is 18.9 Å². The molecule has 1 saturated heterocycles. The maximum atomic E-state index is 13.3. The van der Waals surface area contributed by atoms with Gasteiger partial charge in [0.15, 0.2) is 11.6 Å². The lowest BCUT2D eigenvalue weighted by Crippen LogP contribution is -2.37. The van der Waals surface area contributed by atoms with E-state index in [9.17, 15) is 18.0 Å². The first-order valence-electron chi connectivity index (χ1n) is 5.27. The molecule has 1 aliphatic rings. The van der Waals surface area contributed by atoms with Gasteiger partial charge in [-0.1, -0.05) is 0 Å². The molecule has 4 nitrogen and oxygen atoms in total. The normalized spacial score (nSPS) is 23.1. The first kappa shape index (κ1) is 12.8. The van der Waals surface area contributed by atoms with Crippen molar-refractivity contribution in [3.8, 4) is 0 Å². The van der Waals surface area contributed by atoms with E-state index in [4.69, 9.17) is 10.5 Å². The van der Waals surface area contributed by atoms with Crippen molar-refractivity contribution < 1.29 is 22.7 Å². The minimum absolute atomic E-state index is 0.104. The zero-order chi connectivity index (χ0) is 13.3. The molecule has 0 saturated carbocycles. The van der Waals surface area contributed by atoms with E-state index in [1.54, 1.807) is 0 Å². The molecular weight excluding hydrogens is 249 g/mol. The van der Waals surface area contributed by atoms with Crippen LogP contribution in [0.15, 0.2) is 12.1 Å². The predicted molar refractivity (Wildman–Crippen MR) is 57.2 cm³/mol. The minimum atomic E-state index is -1.36. The number of halogens is 3. The third-order valence-electron chi connectivity index (χ3n) is 2.71. The number of ether oxygens (including phenoxy) is 1. The highest BCUT2D eigenvalue weighted by atomic mass is 19.2. The fourth-order valence-electron chi connectivity index (χ4n) is 1.71. The van der Waals surface area contributed by atoms with Crippen LogP contribution in [0.3, 0.4) is 0 Å². The van der Waals surface area contributed by atoms with Gasteiger partial charge in [-0.3, -0.25) is 4.79 Å². The molecule has 3 N–H and O–H groups in total. The fourth-order valence-corrected chi connectivity index (χ4v) is 1.71. The standard InChI is InChI=1S/C11H11F3N2O2/c12-5-1-7(13)10(14)9(2-5)16-11(17)6-3-18-4-8(6)15/h1-2,6,8H,3-4,15H2,(H,16,17). The first-order chi connectivity index (χ1) is 8.49. The van der Waals surface area contributed by atoms with Gasteiger partial charge in [0.1, 0.15) is 5.82 Å². The van der Waals surface area contributed by atoms with Crippen molar-refractivity contribution in [1.82, 2.24) is 0 Å². The molecule has 1 aliphatic heterocycles. The third kappa shape index (κ3) is 2.46. The summed E-state index contributed by atoms with van der Waals surface area (Å²) in [5, 5.41) is 2.11. The summed E-state index contributed by atoms with van der Waals surface area (Å²) in [6.07, 6.45) is 0. The Kier molecular flexibility index (Phi) is 3.53. The Morgan fingerprint density at radius 1 is 1.33 bits per heavy atom. The second-order valence-corrected chi connectivity index (χ2v) is 4.05. The van der Waals surface area contributed by atoms with Crippen LogP contribution in [-0.4, -0.2) is 25.2 Å². The summed E-state index contributed by atoms with van der Waals surface area (Å²) < 4.78 is 44.1. The Morgan fingerprint density at radius 2 is 2.06 bits per heavy atom. The van der Waals surface area contributed by atoms with Gasteiger partial charge in [-0.05, 0) is 0 Å². The van der Waals surface area contributed by atoms with Gasteiger partial charge in [-0.15, -0.1) is 0 Å². The van der Waals surface area contributed by atoms with Crippen molar-refractivity contribution in [2.24, 2.45) is 11.7 Å². The maximum absolute atomic E-state index is 13.3. The molecule has 1 aromatic carbocycles. The smallest absolute Gasteiger partial charge is 0.231 e. The highest BCUT2D eigenvalue weighted by Crippen LogP contribution is 2.21. The van der Waals surface area contributed by atoms with Crippen LogP contribution in [0.25, 0.3) is 0 Å². The Bertz CT molecular complexity index is 482. The van der Waals surface area contributed by atoms with Crippen LogP contribution in [0.5, 0.6) is 0 Å². The molecule has 2 atom stereocenters. The number of nitrogens with one attached hydrogen (secondary N) is 1. The van der Waals surface area contributed by atoms with Crippen molar-refractivity contribution in [3.05, 3.63) is 29.6 Å². The average Bonchev–Trinajstić information content (AvgIpc) is 2.71.